The van der Waals surface area contributed by atoms with E-state index in [0.717, 1.165) is 64.6 Å². The quantitative estimate of drug-likeness (QED) is 0.163. The molecule has 33 heavy (non-hydrogen) atoms. The predicted molar refractivity (Wildman–Crippen MR) is 149 cm³/mol. The molecule has 5 nitrogen and oxygen atoms in total. The summed E-state index contributed by atoms with van der Waals surface area (Å²) < 4.78 is 12.8. The molecule has 0 aromatic heterocycles. The molecule has 0 radical (unpaired) electrons. The number of hydrogen-bond donors (Lipinski definition) is 0. The molecule has 0 spiro atoms. The van der Waals surface area contributed by atoms with Crippen LogP contribution in [0.4, 0.5) is 0 Å². The van der Waals surface area contributed by atoms with Crippen molar-refractivity contribution in [3.63, 3.8) is 0 Å². The van der Waals surface area contributed by atoms with Crippen LogP contribution in [0.15, 0.2) is 0 Å². The smallest absolute Gasteiger partial charge is 0.337 e. The van der Waals surface area contributed by atoms with Crippen molar-refractivity contribution in [2.75, 3.05) is 72.1 Å². The Morgan fingerprint density at radius 2 is 0.848 bits per heavy atom. The molecule has 0 aliphatic heterocycles. The van der Waals surface area contributed by atoms with Crippen molar-refractivity contribution >= 4 is 8.56 Å². The standard InChI is InChI=1S/C27H61N3O2Si/c1-10-28(11-2)23-19-27(20-24-29(12-3)13-4,21-25-30(14-5)15-6)22-26-33(18-9,31-16-7)32-17-8/h10-26H2,1-9H3. The van der Waals surface area contributed by atoms with Crippen LogP contribution in [0.25, 0.3) is 0 Å². The largest absolute Gasteiger partial charge is 0.394 e. The molecular weight excluding hydrogens is 426 g/mol. The van der Waals surface area contributed by atoms with E-state index >= 15 is 0 Å². The second-order valence-electron chi connectivity index (χ2n) is 9.46. The van der Waals surface area contributed by atoms with E-state index < -0.39 is 8.56 Å². The van der Waals surface area contributed by atoms with Gasteiger partial charge < -0.3 is 23.6 Å². The van der Waals surface area contributed by atoms with Gasteiger partial charge in [-0.1, -0.05) is 48.5 Å². The molecule has 0 aromatic carbocycles. The molecular formula is C27H61N3O2Si. The van der Waals surface area contributed by atoms with Crippen LogP contribution in [0.1, 0.15) is 88.0 Å². The maximum absolute atomic E-state index is 6.40. The summed E-state index contributed by atoms with van der Waals surface area (Å²) in [5.41, 5.74) is 0.343. The average Bonchev–Trinajstić information content (AvgIpc) is 2.84. The molecule has 0 fully saturated rings. The van der Waals surface area contributed by atoms with Gasteiger partial charge >= 0.3 is 8.56 Å². The zero-order valence-electron chi connectivity index (χ0n) is 24.2. The minimum Gasteiger partial charge on any atom is -0.394 e. The second-order valence-corrected chi connectivity index (χ2v) is 13.1. The molecule has 0 bridgehead atoms. The summed E-state index contributed by atoms with van der Waals surface area (Å²) in [4.78, 5) is 7.83. The molecule has 0 atom stereocenters. The van der Waals surface area contributed by atoms with Crippen molar-refractivity contribution in [2.24, 2.45) is 5.41 Å². The van der Waals surface area contributed by atoms with Crippen LogP contribution < -0.4 is 0 Å². The van der Waals surface area contributed by atoms with Gasteiger partial charge in [0.25, 0.3) is 0 Å². The Balaban J connectivity index is 5.89. The average molecular weight is 488 g/mol. The van der Waals surface area contributed by atoms with Crippen LogP contribution in [-0.4, -0.2) is 95.4 Å². The van der Waals surface area contributed by atoms with Gasteiger partial charge in [-0.25, -0.2) is 0 Å². The molecule has 0 rings (SSSR count). The first kappa shape index (κ1) is 33.0. The first-order valence-corrected chi connectivity index (χ1v) is 16.5. The molecule has 0 aliphatic carbocycles. The number of hydrogen-bond acceptors (Lipinski definition) is 5. The topological polar surface area (TPSA) is 28.2 Å². The van der Waals surface area contributed by atoms with Gasteiger partial charge in [0, 0.05) is 13.2 Å². The van der Waals surface area contributed by atoms with Crippen molar-refractivity contribution in [3.8, 4) is 0 Å². The lowest BCUT2D eigenvalue weighted by atomic mass is 9.75. The van der Waals surface area contributed by atoms with Crippen molar-refractivity contribution < 1.29 is 8.85 Å². The lowest BCUT2D eigenvalue weighted by Gasteiger charge is -2.41. The van der Waals surface area contributed by atoms with Crippen LogP contribution in [-0.2, 0) is 8.85 Å². The van der Waals surface area contributed by atoms with E-state index in [-0.39, 0.29) is 0 Å². The monoisotopic (exact) mass is 487 g/mol. The fraction of sp³-hybridized carbons (Fsp3) is 1.00. The minimum absolute atomic E-state index is 0.343. The molecule has 6 heteroatoms. The highest BCUT2D eigenvalue weighted by molar-refractivity contribution is 6.67. The fourth-order valence-corrected chi connectivity index (χ4v) is 8.20. The lowest BCUT2D eigenvalue weighted by Crippen LogP contribution is -2.44. The Hall–Kier alpha value is 0.0169. The molecule has 0 saturated heterocycles. The summed E-state index contributed by atoms with van der Waals surface area (Å²) in [6, 6.07) is 2.17. The lowest BCUT2D eigenvalue weighted by molar-refractivity contribution is 0.115. The van der Waals surface area contributed by atoms with Crippen molar-refractivity contribution in [1.82, 2.24) is 14.7 Å². The van der Waals surface area contributed by atoms with E-state index in [1.165, 1.54) is 45.3 Å². The van der Waals surface area contributed by atoms with Crippen molar-refractivity contribution in [1.29, 1.82) is 0 Å². The SMILES string of the molecule is CCO[Si](CC)(CCC(CCN(CC)CC)(CCN(CC)CC)CCN(CC)CC)OCC. The third-order valence-corrected chi connectivity index (χ3v) is 11.7. The molecule has 0 heterocycles. The van der Waals surface area contributed by atoms with E-state index in [1.54, 1.807) is 0 Å². The fourth-order valence-electron chi connectivity index (χ4n) is 5.10. The zero-order chi connectivity index (χ0) is 25.2. The summed E-state index contributed by atoms with van der Waals surface area (Å²) in [5, 5.41) is 0. The van der Waals surface area contributed by atoms with Crippen molar-refractivity contribution in [2.45, 2.75) is 100 Å². The van der Waals surface area contributed by atoms with Crippen LogP contribution in [0, 0.1) is 5.41 Å². The Kier molecular flexibility index (Phi) is 19.2. The molecule has 0 N–H and O–H groups in total. The van der Waals surface area contributed by atoms with E-state index in [9.17, 15) is 0 Å². The first-order valence-electron chi connectivity index (χ1n) is 14.3. The molecule has 0 saturated carbocycles. The van der Waals surface area contributed by atoms with Gasteiger partial charge in [-0.15, -0.1) is 0 Å². The highest BCUT2D eigenvalue weighted by Gasteiger charge is 2.39. The predicted octanol–water partition coefficient (Wildman–Crippen LogP) is 6.09. The number of nitrogens with zero attached hydrogens (tertiary/aromatic N) is 3. The van der Waals surface area contributed by atoms with Gasteiger partial charge in [-0.05, 0) is 116 Å². The Morgan fingerprint density at radius 1 is 0.515 bits per heavy atom. The van der Waals surface area contributed by atoms with E-state index in [4.69, 9.17) is 8.85 Å². The Morgan fingerprint density at radius 3 is 1.09 bits per heavy atom. The van der Waals surface area contributed by atoms with Gasteiger partial charge in [0.1, 0.15) is 0 Å². The molecule has 0 aromatic rings. The van der Waals surface area contributed by atoms with Gasteiger partial charge in [0.2, 0.25) is 0 Å². The summed E-state index contributed by atoms with van der Waals surface area (Å²) in [6.07, 6.45) is 5.08. The van der Waals surface area contributed by atoms with Gasteiger partial charge in [0.05, 0.1) is 0 Å². The van der Waals surface area contributed by atoms with Gasteiger partial charge in [-0.3, -0.25) is 0 Å². The van der Waals surface area contributed by atoms with Crippen molar-refractivity contribution in [3.05, 3.63) is 0 Å². The highest BCUT2D eigenvalue weighted by Crippen LogP contribution is 2.40. The van der Waals surface area contributed by atoms with Crippen LogP contribution in [0.3, 0.4) is 0 Å². The maximum atomic E-state index is 6.40. The number of rotatable bonds is 23. The normalized spacial score (nSPS) is 13.1. The first-order chi connectivity index (χ1) is 15.9. The van der Waals surface area contributed by atoms with Gasteiger partial charge in [0.15, 0.2) is 0 Å². The Bertz CT molecular complexity index is 394. The zero-order valence-corrected chi connectivity index (χ0v) is 25.2. The summed E-state index contributed by atoms with van der Waals surface area (Å²) in [5.74, 6) is 0. The third kappa shape index (κ3) is 12.5. The van der Waals surface area contributed by atoms with E-state index in [1.807, 2.05) is 0 Å². The maximum Gasteiger partial charge on any atom is 0.337 e. The second kappa shape index (κ2) is 19.2. The van der Waals surface area contributed by atoms with E-state index in [0.29, 0.717) is 5.41 Å². The van der Waals surface area contributed by atoms with Crippen LogP contribution in [0.2, 0.25) is 12.1 Å². The van der Waals surface area contributed by atoms with Crippen LogP contribution in [0.5, 0.6) is 0 Å². The minimum atomic E-state index is -2.14. The molecule has 0 amide bonds. The molecule has 0 unspecified atom stereocenters. The van der Waals surface area contributed by atoms with Gasteiger partial charge in [-0.2, -0.15) is 0 Å². The summed E-state index contributed by atoms with van der Waals surface area (Å²) in [6.45, 7) is 32.4. The highest BCUT2D eigenvalue weighted by atomic mass is 28.4. The molecule has 200 valence electrons. The van der Waals surface area contributed by atoms with Crippen LogP contribution >= 0.6 is 0 Å². The molecule has 0 aliphatic rings. The summed E-state index contributed by atoms with van der Waals surface area (Å²) >= 11 is 0. The Labute approximate surface area is 209 Å². The van der Waals surface area contributed by atoms with E-state index in [2.05, 4.69) is 77.0 Å². The summed E-state index contributed by atoms with van der Waals surface area (Å²) in [7, 11) is -2.14. The third-order valence-electron chi connectivity index (χ3n) is 7.95.